The molecule has 0 spiro atoms. The number of halogens is 1. The summed E-state index contributed by atoms with van der Waals surface area (Å²) >= 11 is 6.07. The maximum atomic E-state index is 9.14. The van der Waals surface area contributed by atoms with E-state index in [0.29, 0.717) is 22.9 Å². The van der Waals surface area contributed by atoms with Gasteiger partial charge in [-0.05, 0) is 37.7 Å². The highest BCUT2D eigenvalue weighted by Gasteiger charge is 2.35. The Bertz CT molecular complexity index is 629. The lowest BCUT2D eigenvalue weighted by atomic mass is 9.81. The number of rotatable bonds is 3. The molecule has 2 heterocycles. The van der Waals surface area contributed by atoms with E-state index in [-0.39, 0.29) is 6.61 Å². The molecule has 0 aromatic carbocycles. The molecule has 2 aliphatic rings. The molecular formula is C14H16ClN3O. The highest BCUT2D eigenvalue weighted by Crippen LogP contribution is 2.45. The van der Waals surface area contributed by atoms with E-state index in [2.05, 4.69) is 9.67 Å². The Hall–Kier alpha value is -1.13. The molecule has 1 N–H and O–H groups in total. The van der Waals surface area contributed by atoms with Crippen LogP contribution >= 0.6 is 11.6 Å². The Labute approximate surface area is 116 Å². The maximum absolute atomic E-state index is 9.14. The number of pyridine rings is 1. The summed E-state index contributed by atoms with van der Waals surface area (Å²) in [6, 6.07) is 2.38. The molecule has 0 atom stereocenters. The molecule has 4 rings (SSSR count). The number of hydrogen-bond donors (Lipinski definition) is 1. The average molecular weight is 278 g/mol. The Balaban J connectivity index is 1.78. The first kappa shape index (κ1) is 11.7. The average Bonchev–Trinajstić information content (AvgIpc) is 3.12. The highest BCUT2D eigenvalue weighted by molar-refractivity contribution is 6.31. The van der Waals surface area contributed by atoms with Crippen LogP contribution in [0.2, 0.25) is 5.02 Å². The van der Waals surface area contributed by atoms with Gasteiger partial charge >= 0.3 is 0 Å². The summed E-state index contributed by atoms with van der Waals surface area (Å²) in [7, 11) is 0. The number of aliphatic hydroxyl groups excluding tert-OH is 1. The maximum Gasteiger partial charge on any atom is 0.158 e. The number of fused-ring (bicyclic) bond motifs is 1. The summed E-state index contributed by atoms with van der Waals surface area (Å²) in [6.07, 6.45) is 6.15. The molecule has 2 aromatic heterocycles. The molecular weight excluding hydrogens is 262 g/mol. The molecule has 2 fully saturated rings. The molecule has 5 heteroatoms. The summed E-state index contributed by atoms with van der Waals surface area (Å²) in [6.45, 7) is 0.282. The minimum Gasteiger partial charge on any atom is -0.396 e. The second-order valence-electron chi connectivity index (χ2n) is 5.80. The van der Waals surface area contributed by atoms with Crippen LogP contribution in [0.5, 0.6) is 0 Å². The van der Waals surface area contributed by atoms with Crippen LogP contribution in [-0.4, -0.2) is 26.5 Å². The van der Waals surface area contributed by atoms with Gasteiger partial charge in [-0.15, -0.1) is 0 Å². The summed E-state index contributed by atoms with van der Waals surface area (Å²) in [5.41, 5.74) is 2.12. The largest absolute Gasteiger partial charge is 0.396 e. The molecule has 0 aliphatic heterocycles. The van der Waals surface area contributed by atoms with Gasteiger partial charge in [0.2, 0.25) is 0 Å². The second kappa shape index (κ2) is 4.18. The number of hydrogen-bond acceptors (Lipinski definition) is 3. The smallest absolute Gasteiger partial charge is 0.158 e. The predicted octanol–water partition coefficient (Wildman–Crippen LogP) is 2.91. The Morgan fingerprint density at radius 1 is 1.37 bits per heavy atom. The van der Waals surface area contributed by atoms with Crippen LogP contribution in [0, 0.1) is 5.92 Å². The number of aliphatic hydroxyl groups is 1. The van der Waals surface area contributed by atoms with Gasteiger partial charge < -0.3 is 5.11 Å². The van der Waals surface area contributed by atoms with Crippen molar-refractivity contribution in [3.05, 3.63) is 23.0 Å². The van der Waals surface area contributed by atoms with Gasteiger partial charge in [-0.2, -0.15) is 5.10 Å². The van der Waals surface area contributed by atoms with E-state index in [1.165, 1.54) is 12.8 Å². The van der Waals surface area contributed by atoms with Crippen LogP contribution in [0.3, 0.4) is 0 Å². The van der Waals surface area contributed by atoms with Gasteiger partial charge in [0.25, 0.3) is 0 Å². The SMILES string of the molecule is OC[C@H]1C[C@H](n2nc(C3CC3)c3cc(Cl)cnc32)C1. The van der Waals surface area contributed by atoms with Crippen LogP contribution < -0.4 is 0 Å². The number of aromatic nitrogens is 3. The van der Waals surface area contributed by atoms with Gasteiger partial charge in [0.1, 0.15) is 0 Å². The molecule has 2 saturated carbocycles. The van der Waals surface area contributed by atoms with Crippen molar-refractivity contribution in [3.8, 4) is 0 Å². The minimum absolute atomic E-state index is 0.282. The van der Waals surface area contributed by atoms with E-state index >= 15 is 0 Å². The van der Waals surface area contributed by atoms with E-state index in [4.69, 9.17) is 21.8 Å². The van der Waals surface area contributed by atoms with Gasteiger partial charge in [-0.25, -0.2) is 9.67 Å². The molecule has 0 saturated heterocycles. The first-order valence-corrected chi connectivity index (χ1v) is 7.28. The van der Waals surface area contributed by atoms with Crippen LogP contribution in [0.1, 0.15) is 43.3 Å². The number of nitrogens with zero attached hydrogens (tertiary/aromatic N) is 3. The van der Waals surface area contributed by atoms with E-state index in [9.17, 15) is 0 Å². The van der Waals surface area contributed by atoms with Gasteiger partial charge in [-0.1, -0.05) is 11.6 Å². The van der Waals surface area contributed by atoms with Crippen LogP contribution in [-0.2, 0) is 0 Å². The van der Waals surface area contributed by atoms with Gasteiger partial charge in [0.15, 0.2) is 5.65 Å². The third kappa shape index (κ3) is 1.85. The van der Waals surface area contributed by atoms with Crippen molar-refractivity contribution >= 4 is 22.6 Å². The molecule has 0 bridgehead atoms. The van der Waals surface area contributed by atoms with Crippen molar-refractivity contribution in [2.75, 3.05) is 6.61 Å². The normalized spacial score (nSPS) is 26.6. The fraction of sp³-hybridized carbons (Fsp3) is 0.571. The first-order chi connectivity index (χ1) is 9.26. The van der Waals surface area contributed by atoms with E-state index in [1.54, 1.807) is 6.20 Å². The first-order valence-electron chi connectivity index (χ1n) is 6.90. The molecule has 19 heavy (non-hydrogen) atoms. The molecule has 4 nitrogen and oxygen atoms in total. The molecule has 0 amide bonds. The molecule has 2 aromatic rings. The van der Waals surface area contributed by atoms with Gasteiger partial charge in [0, 0.05) is 24.1 Å². The zero-order valence-corrected chi connectivity index (χ0v) is 11.3. The van der Waals surface area contributed by atoms with Crippen LogP contribution in [0.4, 0.5) is 0 Å². The highest BCUT2D eigenvalue weighted by atomic mass is 35.5. The van der Waals surface area contributed by atoms with Crippen LogP contribution in [0.25, 0.3) is 11.0 Å². The van der Waals surface area contributed by atoms with E-state index in [1.807, 2.05) is 6.07 Å². The lowest BCUT2D eigenvalue weighted by molar-refractivity contribution is 0.107. The summed E-state index contributed by atoms with van der Waals surface area (Å²) in [4.78, 5) is 4.47. The Morgan fingerprint density at radius 2 is 2.16 bits per heavy atom. The lowest BCUT2D eigenvalue weighted by Gasteiger charge is -2.34. The Kier molecular flexibility index (Phi) is 2.57. The summed E-state index contributed by atoms with van der Waals surface area (Å²) < 4.78 is 2.06. The zero-order valence-electron chi connectivity index (χ0n) is 10.6. The summed E-state index contributed by atoms with van der Waals surface area (Å²) in [5.74, 6) is 1.03. The van der Waals surface area contributed by atoms with Crippen molar-refractivity contribution in [1.82, 2.24) is 14.8 Å². The van der Waals surface area contributed by atoms with Crippen molar-refractivity contribution < 1.29 is 5.11 Å². The van der Waals surface area contributed by atoms with Gasteiger partial charge in [0.05, 0.1) is 16.8 Å². The lowest BCUT2D eigenvalue weighted by Crippen LogP contribution is -2.29. The van der Waals surface area contributed by atoms with Crippen molar-refractivity contribution in [2.45, 2.75) is 37.6 Å². The van der Waals surface area contributed by atoms with E-state index in [0.717, 1.165) is 29.6 Å². The Morgan fingerprint density at radius 3 is 2.84 bits per heavy atom. The third-order valence-electron chi connectivity index (χ3n) is 4.32. The molecule has 0 radical (unpaired) electrons. The van der Waals surface area contributed by atoms with E-state index < -0.39 is 0 Å². The predicted molar refractivity (Wildman–Crippen MR) is 73.4 cm³/mol. The summed E-state index contributed by atoms with van der Waals surface area (Å²) in [5, 5.41) is 15.7. The second-order valence-corrected chi connectivity index (χ2v) is 6.24. The topological polar surface area (TPSA) is 50.9 Å². The van der Waals surface area contributed by atoms with Gasteiger partial charge in [-0.3, -0.25) is 0 Å². The molecule has 100 valence electrons. The quantitative estimate of drug-likeness (QED) is 0.938. The van der Waals surface area contributed by atoms with Crippen molar-refractivity contribution in [1.29, 1.82) is 0 Å². The van der Waals surface area contributed by atoms with Crippen molar-refractivity contribution in [3.63, 3.8) is 0 Å². The van der Waals surface area contributed by atoms with Crippen LogP contribution in [0.15, 0.2) is 12.3 Å². The molecule has 2 aliphatic carbocycles. The third-order valence-corrected chi connectivity index (χ3v) is 4.53. The monoisotopic (exact) mass is 277 g/mol. The standard InChI is InChI=1S/C14H16ClN3O/c15-10-5-12-13(9-1-2-9)17-18(14(12)16-6-10)11-3-8(4-11)7-19/h5-6,8-9,11,19H,1-4,7H2/t8-,11-. The zero-order chi connectivity index (χ0) is 13.0. The molecule has 0 unspecified atom stereocenters. The fourth-order valence-corrected chi connectivity index (χ4v) is 3.14. The van der Waals surface area contributed by atoms with Crippen molar-refractivity contribution in [2.24, 2.45) is 5.92 Å². The minimum atomic E-state index is 0.282. The fourth-order valence-electron chi connectivity index (χ4n) is 2.98.